The minimum atomic E-state index is -0.196. The van der Waals surface area contributed by atoms with Gasteiger partial charge in [-0.25, -0.2) is 4.79 Å². The van der Waals surface area contributed by atoms with E-state index in [1.165, 1.54) is 6.92 Å². The molecule has 0 fully saturated rings. The van der Waals surface area contributed by atoms with E-state index in [4.69, 9.17) is 4.74 Å². The molecule has 1 heterocycles. The molecule has 1 atom stereocenters. The van der Waals surface area contributed by atoms with Crippen molar-refractivity contribution in [2.45, 2.75) is 19.9 Å². The summed E-state index contributed by atoms with van der Waals surface area (Å²) in [5, 5.41) is 5.51. The van der Waals surface area contributed by atoms with Crippen LogP contribution in [0.25, 0.3) is 0 Å². The zero-order valence-corrected chi connectivity index (χ0v) is 15.2. The van der Waals surface area contributed by atoms with E-state index in [-0.39, 0.29) is 18.0 Å². The molecule has 138 valence electrons. The molecule has 0 aliphatic rings. The Morgan fingerprint density at radius 3 is 2.73 bits per heavy atom. The van der Waals surface area contributed by atoms with Gasteiger partial charge in [-0.2, -0.15) is 0 Å². The molecule has 1 aromatic carbocycles. The second-order valence-electron chi connectivity index (χ2n) is 5.83. The lowest BCUT2D eigenvalue weighted by molar-refractivity contribution is -0.114. The molecule has 0 bridgehead atoms. The molecule has 1 unspecified atom stereocenters. The Kier molecular flexibility index (Phi) is 6.96. The van der Waals surface area contributed by atoms with Crippen LogP contribution in [-0.4, -0.2) is 42.0 Å². The summed E-state index contributed by atoms with van der Waals surface area (Å²) in [7, 11) is 1.73. The molecule has 0 saturated heterocycles. The van der Waals surface area contributed by atoms with Gasteiger partial charge in [-0.15, -0.1) is 0 Å². The Morgan fingerprint density at radius 1 is 1.23 bits per heavy atom. The van der Waals surface area contributed by atoms with Crippen LogP contribution in [0.1, 0.15) is 25.6 Å². The van der Waals surface area contributed by atoms with Gasteiger partial charge in [-0.3, -0.25) is 9.78 Å². The van der Waals surface area contributed by atoms with Gasteiger partial charge in [0, 0.05) is 31.9 Å². The van der Waals surface area contributed by atoms with E-state index in [9.17, 15) is 9.59 Å². The number of amides is 3. The van der Waals surface area contributed by atoms with Crippen molar-refractivity contribution < 1.29 is 14.3 Å². The van der Waals surface area contributed by atoms with Crippen LogP contribution in [0.15, 0.2) is 48.7 Å². The van der Waals surface area contributed by atoms with Crippen molar-refractivity contribution in [3.05, 3.63) is 54.4 Å². The Balaban J connectivity index is 1.77. The van der Waals surface area contributed by atoms with E-state index >= 15 is 0 Å². The summed E-state index contributed by atoms with van der Waals surface area (Å²) in [5.41, 5.74) is 1.50. The first-order valence-electron chi connectivity index (χ1n) is 8.39. The smallest absolute Gasteiger partial charge is 0.317 e. The molecule has 0 aliphatic heterocycles. The van der Waals surface area contributed by atoms with Crippen molar-refractivity contribution in [3.63, 3.8) is 0 Å². The number of hydrogen-bond donors (Lipinski definition) is 2. The molecule has 26 heavy (non-hydrogen) atoms. The summed E-state index contributed by atoms with van der Waals surface area (Å²) in [6.45, 7) is 4.06. The van der Waals surface area contributed by atoms with Gasteiger partial charge in [0.15, 0.2) is 0 Å². The lowest BCUT2D eigenvalue weighted by Crippen LogP contribution is -2.40. The maximum Gasteiger partial charge on any atom is 0.317 e. The highest BCUT2D eigenvalue weighted by Gasteiger charge is 2.17. The third-order valence-electron chi connectivity index (χ3n) is 3.82. The fraction of sp³-hybridized carbons (Fsp3) is 0.316. The topological polar surface area (TPSA) is 83.6 Å². The van der Waals surface area contributed by atoms with E-state index in [2.05, 4.69) is 15.6 Å². The maximum absolute atomic E-state index is 12.2. The summed E-state index contributed by atoms with van der Waals surface area (Å²) in [6.07, 6.45) is 1.71. The monoisotopic (exact) mass is 356 g/mol. The first kappa shape index (κ1) is 19.2. The van der Waals surface area contributed by atoms with Gasteiger partial charge in [0.2, 0.25) is 5.91 Å². The molecule has 0 saturated carbocycles. The van der Waals surface area contributed by atoms with E-state index in [0.717, 1.165) is 5.69 Å². The van der Waals surface area contributed by atoms with E-state index in [0.29, 0.717) is 24.6 Å². The molecule has 3 amide bonds. The summed E-state index contributed by atoms with van der Waals surface area (Å²) >= 11 is 0. The Labute approximate surface area is 153 Å². The zero-order valence-electron chi connectivity index (χ0n) is 15.2. The number of carbonyl (C=O) groups is 2. The number of hydrogen-bond acceptors (Lipinski definition) is 4. The summed E-state index contributed by atoms with van der Waals surface area (Å²) in [6, 6.07) is 12.4. The van der Waals surface area contributed by atoms with Crippen molar-refractivity contribution in [1.29, 1.82) is 0 Å². The van der Waals surface area contributed by atoms with Crippen LogP contribution in [0, 0.1) is 0 Å². The summed E-state index contributed by atoms with van der Waals surface area (Å²) < 4.78 is 5.61. The lowest BCUT2D eigenvalue weighted by Gasteiger charge is -2.24. The third kappa shape index (κ3) is 5.77. The number of nitrogens with zero attached hydrogens (tertiary/aromatic N) is 2. The van der Waals surface area contributed by atoms with Gasteiger partial charge < -0.3 is 20.3 Å². The van der Waals surface area contributed by atoms with Gasteiger partial charge in [-0.05, 0) is 31.2 Å². The predicted molar refractivity (Wildman–Crippen MR) is 100 cm³/mol. The molecule has 0 radical (unpaired) electrons. The van der Waals surface area contributed by atoms with Crippen LogP contribution in [0.5, 0.6) is 5.75 Å². The second-order valence-corrected chi connectivity index (χ2v) is 5.83. The normalized spacial score (nSPS) is 11.3. The fourth-order valence-corrected chi connectivity index (χ4v) is 2.32. The first-order valence-corrected chi connectivity index (χ1v) is 8.39. The molecule has 1 aromatic heterocycles. The average Bonchev–Trinajstić information content (AvgIpc) is 2.64. The van der Waals surface area contributed by atoms with Crippen LogP contribution in [0.4, 0.5) is 10.5 Å². The Bertz CT molecular complexity index is 737. The second kappa shape index (κ2) is 9.41. The SMILES string of the molecule is CC(=O)Nc1cccc(OCCNC(=O)N(C)C(C)c2ccccn2)c1. The van der Waals surface area contributed by atoms with E-state index < -0.39 is 0 Å². The Morgan fingerprint density at radius 2 is 2.04 bits per heavy atom. The highest BCUT2D eigenvalue weighted by atomic mass is 16.5. The largest absolute Gasteiger partial charge is 0.492 e. The zero-order chi connectivity index (χ0) is 18.9. The Hall–Kier alpha value is -3.09. The standard InChI is InChI=1S/C19H24N4O3/c1-14(18-9-4-5-10-20-18)23(3)19(25)21-11-12-26-17-8-6-7-16(13-17)22-15(2)24/h4-10,13-14H,11-12H2,1-3H3,(H,21,25)(H,22,24). The van der Waals surface area contributed by atoms with Crippen LogP contribution in [0.3, 0.4) is 0 Å². The average molecular weight is 356 g/mol. The highest BCUT2D eigenvalue weighted by molar-refractivity contribution is 5.88. The number of rotatable bonds is 7. The molecule has 0 aliphatic carbocycles. The lowest BCUT2D eigenvalue weighted by atomic mass is 10.2. The first-order chi connectivity index (χ1) is 12.5. The predicted octanol–water partition coefficient (Wildman–Crippen LogP) is 2.82. The number of anilines is 1. The number of aromatic nitrogens is 1. The number of pyridine rings is 1. The van der Waals surface area contributed by atoms with Gasteiger partial charge in [0.05, 0.1) is 18.3 Å². The van der Waals surface area contributed by atoms with Crippen LogP contribution < -0.4 is 15.4 Å². The molecular weight excluding hydrogens is 332 g/mol. The van der Waals surface area contributed by atoms with Crippen molar-refractivity contribution in [2.24, 2.45) is 0 Å². The van der Waals surface area contributed by atoms with Crippen molar-refractivity contribution >= 4 is 17.6 Å². The molecule has 7 nitrogen and oxygen atoms in total. The minimum Gasteiger partial charge on any atom is -0.492 e. The van der Waals surface area contributed by atoms with E-state index in [1.54, 1.807) is 42.4 Å². The summed E-state index contributed by atoms with van der Waals surface area (Å²) in [4.78, 5) is 29.2. The highest BCUT2D eigenvalue weighted by Crippen LogP contribution is 2.17. The van der Waals surface area contributed by atoms with Crippen molar-refractivity contribution in [3.8, 4) is 5.75 Å². The molecular formula is C19H24N4O3. The third-order valence-corrected chi connectivity index (χ3v) is 3.82. The van der Waals surface area contributed by atoms with Crippen LogP contribution >= 0.6 is 0 Å². The van der Waals surface area contributed by atoms with Gasteiger partial charge in [0.1, 0.15) is 12.4 Å². The quantitative estimate of drug-likeness (QED) is 0.747. The number of ether oxygens (including phenoxy) is 1. The maximum atomic E-state index is 12.2. The van der Waals surface area contributed by atoms with Gasteiger partial charge in [-0.1, -0.05) is 12.1 Å². The fourth-order valence-electron chi connectivity index (χ4n) is 2.32. The van der Waals surface area contributed by atoms with E-state index in [1.807, 2.05) is 25.1 Å². The minimum absolute atomic E-state index is 0.133. The number of carbonyl (C=O) groups excluding carboxylic acids is 2. The van der Waals surface area contributed by atoms with Gasteiger partial charge >= 0.3 is 6.03 Å². The summed E-state index contributed by atoms with van der Waals surface area (Å²) in [5.74, 6) is 0.486. The van der Waals surface area contributed by atoms with Crippen molar-refractivity contribution in [1.82, 2.24) is 15.2 Å². The number of benzene rings is 1. The van der Waals surface area contributed by atoms with Crippen LogP contribution in [-0.2, 0) is 4.79 Å². The number of nitrogens with one attached hydrogen (secondary N) is 2. The van der Waals surface area contributed by atoms with Crippen LogP contribution in [0.2, 0.25) is 0 Å². The molecule has 2 aromatic rings. The molecule has 2 rings (SSSR count). The molecule has 2 N–H and O–H groups in total. The molecule has 7 heteroatoms. The van der Waals surface area contributed by atoms with Crippen molar-refractivity contribution in [2.75, 3.05) is 25.5 Å². The molecule has 0 spiro atoms. The van der Waals surface area contributed by atoms with Gasteiger partial charge in [0.25, 0.3) is 0 Å². The number of urea groups is 1.